The van der Waals surface area contributed by atoms with E-state index in [4.69, 9.17) is 9.47 Å². The van der Waals surface area contributed by atoms with Gasteiger partial charge in [0.15, 0.2) is 0 Å². The number of hydrogen-bond donors (Lipinski definition) is 0. The number of esters is 2. The lowest BCUT2D eigenvalue weighted by atomic mass is 9.94. The second kappa shape index (κ2) is 42.5. The topological polar surface area (TPSA) is 76.1 Å². The summed E-state index contributed by atoms with van der Waals surface area (Å²) in [5.74, 6) is -0.314. The SMILES string of the molecule is CCCCCCCCCC(CCCCCCCCC)C(=O)OCCN(CCOC(=O)C(CCCCCCCCC)CCCCCCCCC)C(=O)CCN(C)CC. The fraction of sp³-hybridized carbons (Fsp3) is 0.940. The van der Waals surface area contributed by atoms with Crippen LogP contribution in [0.2, 0.25) is 0 Å². The van der Waals surface area contributed by atoms with E-state index in [2.05, 4.69) is 39.5 Å². The van der Waals surface area contributed by atoms with Crippen molar-refractivity contribution in [3.05, 3.63) is 0 Å². The largest absolute Gasteiger partial charge is 0.464 e. The molecule has 0 atom stereocenters. The van der Waals surface area contributed by atoms with Crippen LogP contribution in [0.3, 0.4) is 0 Å². The first-order valence-electron chi connectivity index (χ1n) is 25.1. The molecule has 0 aliphatic heterocycles. The van der Waals surface area contributed by atoms with Gasteiger partial charge in [0.1, 0.15) is 13.2 Å². The molecule has 0 rings (SSSR count). The summed E-state index contributed by atoms with van der Waals surface area (Å²) in [6.07, 6.45) is 38.6. The molecule has 0 N–H and O–H groups in total. The van der Waals surface area contributed by atoms with Crippen molar-refractivity contribution in [3.63, 3.8) is 0 Å². The van der Waals surface area contributed by atoms with E-state index in [-0.39, 0.29) is 42.9 Å². The van der Waals surface area contributed by atoms with Gasteiger partial charge in [0, 0.05) is 13.0 Å². The van der Waals surface area contributed by atoms with Crippen molar-refractivity contribution in [2.24, 2.45) is 11.8 Å². The summed E-state index contributed by atoms with van der Waals surface area (Å²) in [5, 5.41) is 0. The second-order valence-electron chi connectivity index (χ2n) is 17.4. The molecule has 0 aromatic carbocycles. The van der Waals surface area contributed by atoms with E-state index >= 15 is 0 Å². The summed E-state index contributed by atoms with van der Waals surface area (Å²) in [6, 6.07) is 0. The Morgan fingerprint density at radius 1 is 0.404 bits per heavy atom. The Morgan fingerprint density at radius 3 is 0.965 bits per heavy atom. The quantitative estimate of drug-likeness (QED) is 0.0451. The molecule has 0 unspecified atom stereocenters. The van der Waals surface area contributed by atoms with Gasteiger partial charge < -0.3 is 19.3 Å². The minimum absolute atomic E-state index is 0.0211. The summed E-state index contributed by atoms with van der Waals surface area (Å²) in [5.41, 5.74) is 0. The zero-order valence-corrected chi connectivity index (χ0v) is 39.2. The van der Waals surface area contributed by atoms with Crippen LogP contribution in [0.5, 0.6) is 0 Å². The molecule has 338 valence electrons. The molecule has 57 heavy (non-hydrogen) atoms. The average Bonchev–Trinajstić information content (AvgIpc) is 3.21. The molecule has 7 nitrogen and oxygen atoms in total. The Hall–Kier alpha value is -1.63. The number of amides is 1. The predicted molar refractivity (Wildman–Crippen MR) is 244 cm³/mol. The van der Waals surface area contributed by atoms with Crippen molar-refractivity contribution in [2.45, 2.75) is 247 Å². The lowest BCUT2D eigenvalue weighted by Crippen LogP contribution is -2.39. The molecular weight excluding hydrogens is 709 g/mol. The van der Waals surface area contributed by atoms with Crippen LogP contribution in [0.4, 0.5) is 0 Å². The number of hydrogen-bond acceptors (Lipinski definition) is 6. The number of nitrogens with zero attached hydrogens (tertiary/aromatic N) is 2. The standard InChI is InChI=1S/C50H98N2O5/c1-7-12-16-20-24-28-32-36-46(37-33-29-25-21-17-13-8-2)49(54)56-44-42-52(48(53)40-41-51(6)11-5)43-45-57-50(55)47(38-34-30-26-22-18-14-9-3)39-35-31-27-23-19-15-10-4/h46-47H,7-45H2,1-6H3. The third-order valence-electron chi connectivity index (χ3n) is 12.1. The normalized spacial score (nSPS) is 11.6. The van der Waals surface area contributed by atoms with E-state index in [1.165, 1.54) is 154 Å². The summed E-state index contributed by atoms with van der Waals surface area (Å²) < 4.78 is 11.9. The van der Waals surface area contributed by atoms with E-state index in [0.717, 1.165) is 57.9 Å². The van der Waals surface area contributed by atoms with Gasteiger partial charge in [0.2, 0.25) is 5.91 Å². The molecule has 0 aromatic heterocycles. The van der Waals surface area contributed by atoms with Crippen molar-refractivity contribution in [2.75, 3.05) is 46.4 Å². The van der Waals surface area contributed by atoms with Crippen molar-refractivity contribution in [1.29, 1.82) is 0 Å². The third kappa shape index (κ3) is 34.9. The van der Waals surface area contributed by atoms with Crippen LogP contribution in [-0.2, 0) is 23.9 Å². The number of ether oxygens (including phenoxy) is 2. The first-order chi connectivity index (χ1) is 27.8. The zero-order valence-electron chi connectivity index (χ0n) is 39.2. The summed E-state index contributed by atoms with van der Waals surface area (Å²) in [6.45, 7) is 13.7. The first-order valence-corrected chi connectivity index (χ1v) is 25.1. The highest BCUT2D eigenvalue weighted by atomic mass is 16.5. The monoisotopic (exact) mass is 807 g/mol. The molecule has 0 aliphatic carbocycles. The predicted octanol–water partition coefficient (Wildman–Crippen LogP) is 14.0. The van der Waals surface area contributed by atoms with Gasteiger partial charge in [-0.3, -0.25) is 14.4 Å². The van der Waals surface area contributed by atoms with Gasteiger partial charge in [-0.15, -0.1) is 0 Å². The highest BCUT2D eigenvalue weighted by Crippen LogP contribution is 2.23. The van der Waals surface area contributed by atoms with Crippen molar-refractivity contribution < 1.29 is 23.9 Å². The molecule has 0 radical (unpaired) electrons. The molecule has 0 saturated heterocycles. The van der Waals surface area contributed by atoms with E-state index in [0.29, 0.717) is 26.1 Å². The minimum Gasteiger partial charge on any atom is -0.464 e. The lowest BCUT2D eigenvalue weighted by molar-refractivity contribution is -0.152. The molecule has 0 aromatic rings. The maximum atomic E-state index is 13.5. The molecule has 7 heteroatoms. The molecule has 0 bridgehead atoms. The molecule has 0 saturated carbocycles. The zero-order chi connectivity index (χ0) is 42.0. The number of unbranched alkanes of at least 4 members (excludes halogenated alkanes) is 24. The van der Waals surface area contributed by atoms with Gasteiger partial charge in [0.25, 0.3) is 0 Å². The fourth-order valence-electron chi connectivity index (χ4n) is 7.86. The Bertz CT molecular complexity index is 804. The van der Waals surface area contributed by atoms with Gasteiger partial charge in [0.05, 0.1) is 24.9 Å². The highest BCUT2D eigenvalue weighted by Gasteiger charge is 2.23. The molecule has 0 spiro atoms. The van der Waals surface area contributed by atoms with Crippen molar-refractivity contribution in [1.82, 2.24) is 9.80 Å². The van der Waals surface area contributed by atoms with E-state index in [1.54, 1.807) is 4.90 Å². The third-order valence-corrected chi connectivity index (χ3v) is 12.1. The van der Waals surface area contributed by atoms with E-state index < -0.39 is 0 Å². The van der Waals surface area contributed by atoms with Crippen LogP contribution in [0, 0.1) is 11.8 Å². The Labute approximate surface area is 355 Å². The van der Waals surface area contributed by atoms with Crippen LogP contribution < -0.4 is 0 Å². The first kappa shape index (κ1) is 55.4. The Morgan fingerprint density at radius 2 is 0.684 bits per heavy atom. The molecule has 0 heterocycles. The van der Waals surface area contributed by atoms with E-state index in [1.807, 2.05) is 7.05 Å². The van der Waals surface area contributed by atoms with Gasteiger partial charge in [-0.05, 0) is 39.3 Å². The smallest absolute Gasteiger partial charge is 0.308 e. The maximum absolute atomic E-state index is 13.5. The minimum atomic E-state index is -0.102. The van der Waals surface area contributed by atoms with Gasteiger partial charge in [-0.2, -0.15) is 0 Å². The number of carbonyl (C=O) groups excluding carboxylic acids is 3. The number of carbonyl (C=O) groups is 3. The number of rotatable bonds is 44. The Kier molecular flexibility index (Phi) is 41.3. The molecule has 0 fully saturated rings. The lowest BCUT2D eigenvalue weighted by Gasteiger charge is -2.25. The van der Waals surface area contributed by atoms with Crippen LogP contribution >= 0.6 is 0 Å². The Balaban J connectivity index is 5.29. The van der Waals surface area contributed by atoms with Gasteiger partial charge >= 0.3 is 11.9 Å². The van der Waals surface area contributed by atoms with Gasteiger partial charge in [-0.1, -0.05) is 214 Å². The van der Waals surface area contributed by atoms with Crippen molar-refractivity contribution in [3.8, 4) is 0 Å². The summed E-state index contributed by atoms with van der Waals surface area (Å²) in [4.78, 5) is 44.3. The summed E-state index contributed by atoms with van der Waals surface area (Å²) in [7, 11) is 2.02. The van der Waals surface area contributed by atoms with E-state index in [9.17, 15) is 14.4 Å². The highest BCUT2D eigenvalue weighted by molar-refractivity contribution is 5.77. The van der Waals surface area contributed by atoms with Crippen LogP contribution in [0.15, 0.2) is 0 Å². The van der Waals surface area contributed by atoms with Crippen molar-refractivity contribution >= 4 is 17.8 Å². The maximum Gasteiger partial charge on any atom is 0.308 e. The molecule has 1 amide bonds. The molecule has 0 aliphatic rings. The van der Waals surface area contributed by atoms with Crippen LogP contribution in [-0.4, -0.2) is 74.1 Å². The van der Waals surface area contributed by atoms with Crippen LogP contribution in [0.25, 0.3) is 0 Å². The summed E-state index contributed by atoms with van der Waals surface area (Å²) >= 11 is 0. The second-order valence-corrected chi connectivity index (χ2v) is 17.4. The van der Waals surface area contributed by atoms with Gasteiger partial charge in [-0.25, -0.2) is 0 Å². The molecular formula is C50H98N2O5. The van der Waals surface area contributed by atoms with Crippen LogP contribution in [0.1, 0.15) is 247 Å². The average molecular weight is 807 g/mol. The fourth-order valence-corrected chi connectivity index (χ4v) is 7.86.